The van der Waals surface area contributed by atoms with Gasteiger partial charge < -0.3 is 24.8 Å². The van der Waals surface area contributed by atoms with Gasteiger partial charge in [0.15, 0.2) is 11.8 Å². The maximum atomic E-state index is 5.51. The lowest BCUT2D eigenvalue weighted by atomic mass is 9.88. The first-order chi connectivity index (χ1) is 14.7. The van der Waals surface area contributed by atoms with Gasteiger partial charge in [-0.3, -0.25) is 0 Å². The van der Waals surface area contributed by atoms with E-state index in [-0.39, 0.29) is 30.1 Å². The smallest absolute Gasteiger partial charge is 0.248 e. The molecule has 8 nitrogen and oxygen atoms in total. The summed E-state index contributed by atoms with van der Waals surface area (Å²) in [4.78, 5) is 11.7. The van der Waals surface area contributed by atoms with Crippen molar-refractivity contribution in [2.75, 3.05) is 32.8 Å². The van der Waals surface area contributed by atoms with Gasteiger partial charge in [-0.05, 0) is 52.4 Å². The van der Waals surface area contributed by atoms with Crippen molar-refractivity contribution in [3.05, 3.63) is 11.7 Å². The Hall–Kier alpha value is -0.940. The number of likely N-dealkylation sites (tertiary alicyclic amines) is 1. The van der Waals surface area contributed by atoms with Crippen molar-refractivity contribution in [1.82, 2.24) is 25.7 Å². The van der Waals surface area contributed by atoms with Crippen LogP contribution in [-0.2, 0) is 11.3 Å². The molecule has 9 heteroatoms. The fourth-order valence-electron chi connectivity index (χ4n) is 4.48. The van der Waals surface area contributed by atoms with E-state index < -0.39 is 0 Å². The fraction of sp³-hybridized carbons (Fsp3) is 0.864. The molecular formula is C22H41IN6O2. The van der Waals surface area contributed by atoms with E-state index in [1.165, 1.54) is 51.7 Å². The van der Waals surface area contributed by atoms with Crippen molar-refractivity contribution in [3.63, 3.8) is 0 Å². The summed E-state index contributed by atoms with van der Waals surface area (Å²) in [6.45, 7) is 11.4. The van der Waals surface area contributed by atoms with Crippen molar-refractivity contribution in [1.29, 1.82) is 0 Å². The maximum absolute atomic E-state index is 5.51. The predicted octanol–water partition coefficient (Wildman–Crippen LogP) is 3.88. The Labute approximate surface area is 204 Å². The second-order valence-electron chi connectivity index (χ2n) is 8.56. The Kier molecular flexibility index (Phi) is 12.1. The molecule has 31 heavy (non-hydrogen) atoms. The molecule has 1 unspecified atom stereocenters. The molecule has 178 valence electrons. The minimum absolute atomic E-state index is 0. The molecule has 1 aliphatic heterocycles. The van der Waals surface area contributed by atoms with Crippen molar-refractivity contribution in [2.45, 2.75) is 84.4 Å². The van der Waals surface area contributed by atoms with Crippen LogP contribution in [0.1, 0.15) is 83.5 Å². The number of ether oxygens (including phenoxy) is 1. The maximum Gasteiger partial charge on any atom is 0.248 e. The highest BCUT2D eigenvalue weighted by molar-refractivity contribution is 14.0. The van der Waals surface area contributed by atoms with Gasteiger partial charge in [-0.2, -0.15) is 4.98 Å². The molecule has 1 aromatic rings. The average Bonchev–Trinajstić information content (AvgIpc) is 3.24. The SMILES string of the molecule is CCNC(=NCc1nc(C(C)OCC)no1)NC1CCN(CC2CCCCC2)CC1.I. The summed E-state index contributed by atoms with van der Waals surface area (Å²) in [5, 5.41) is 10.9. The molecule has 3 rings (SSSR count). The van der Waals surface area contributed by atoms with Gasteiger partial charge in [-0.25, -0.2) is 4.99 Å². The van der Waals surface area contributed by atoms with Crippen LogP contribution in [0, 0.1) is 5.92 Å². The minimum Gasteiger partial charge on any atom is -0.371 e. The van der Waals surface area contributed by atoms with Gasteiger partial charge in [0.05, 0.1) is 0 Å². The van der Waals surface area contributed by atoms with Crippen LogP contribution in [0.25, 0.3) is 0 Å². The van der Waals surface area contributed by atoms with Gasteiger partial charge in [0.25, 0.3) is 0 Å². The molecule has 0 radical (unpaired) electrons. The first-order valence-electron chi connectivity index (χ1n) is 11.9. The molecule has 1 saturated heterocycles. The third kappa shape index (κ3) is 8.84. The number of hydrogen-bond donors (Lipinski definition) is 2. The van der Waals surface area contributed by atoms with E-state index >= 15 is 0 Å². The van der Waals surface area contributed by atoms with Crippen molar-refractivity contribution in [2.24, 2.45) is 10.9 Å². The van der Waals surface area contributed by atoms with Crippen molar-refractivity contribution >= 4 is 29.9 Å². The highest BCUT2D eigenvalue weighted by atomic mass is 127. The molecule has 0 spiro atoms. The number of aliphatic imine (C=N–C) groups is 1. The molecule has 2 heterocycles. The zero-order chi connectivity index (χ0) is 21.2. The van der Waals surface area contributed by atoms with Gasteiger partial charge in [0.1, 0.15) is 12.6 Å². The third-order valence-electron chi connectivity index (χ3n) is 6.15. The standard InChI is InChI=1S/C22H40N6O2.HI/c1-4-23-22(24-15-20-26-21(27-30-20)17(3)29-5-2)25-19-11-13-28(14-12-19)16-18-9-7-6-8-10-18;/h17-19H,4-16H2,1-3H3,(H2,23,24,25);1H. The van der Waals surface area contributed by atoms with Crippen LogP contribution in [0.3, 0.4) is 0 Å². The summed E-state index contributed by atoms with van der Waals surface area (Å²) in [6, 6.07) is 0.460. The van der Waals surface area contributed by atoms with Crippen molar-refractivity contribution in [3.8, 4) is 0 Å². The molecule has 2 N–H and O–H groups in total. The van der Waals surface area contributed by atoms with Gasteiger partial charge in [0, 0.05) is 38.8 Å². The molecule has 1 aromatic heterocycles. The average molecular weight is 549 g/mol. The third-order valence-corrected chi connectivity index (χ3v) is 6.15. The van der Waals surface area contributed by atoms with Crippen LogP contribution in [0.2, 0.25) is 0 Å². The highest BCUT2D eigenvalue weighted by Gasteiger charge is 2.23. The van der Waals surface area contributed by atoms with Gasteiger partial charge in [-0.1, -0.05) is 24.4 Å². The first kappa shape index (κ1) is 26.3. The summed E-state index contributed by atoms with van der Waals surface area (Å²) >= 11 is 0. The number of nitrogens with zero attached hydrogens (tertiary/aromatic N) is 4. The van der Waals surface area contributed by atoms with Crippen LogP contribution in [-0.4, -0.2) is 59.8 Å². The Morgan fingerprint density at radius 2 is 1.94 bits per heavy atom. The van der Waals surface area contributed by atoms with Crippen LogP contribution in [0.15, 0.2) is 9.52 Å². The summed E-state index contributed by atoms with van der Waals surface area (Å²) < 4.78 is 10.8. The number of rotatable bonds is 9. The van der Waals surface area contributed by atoms with Crippen LogP contribution >= 0.6 is 24.0 Å². The van der Waals surface area contributed by atoms with Gasteiger partial charge in [-0.15, -0.1) is 24.0 Å². The predicted molar refractivity (Wildman–Crippen MR) is 134 cm³/mol. The van der Waals surface area contributed by atoms with E-state index in [0.717, 1.165) is 31.3 Å². The van der Waals surface area contributed by atoms with Crippen molar-refractivity contribution < 1.29 is 9.26 Å². The van der Waals surface area contributed by atoms with Gasteiger partial charge >= 0.3 is 0 Å². The highest BCUT2D eigenvalue weighted by Crippen LogP contribution is 2.25. The van der Waals surface area contributed by atoms with Gasteiger partial charge in [0.2, 0.25) is 5.89 Å². The van der Waals surface area contributed by atoms with E-state index in [9.17, 15) is 0 Å². The van der Waals surface area contributed by atoms with Crippen LogP contribution < -0.4 is 10.6 Å². The number of nitrogens with one attached hydrogen (secondary N) is 2. The fourth-order valence-corrected chi connectivity index (χ4v) is 4.48. The number of aromatic nitrogens is 2. The molecule has 2 fully saturated rings. The number of hydrogen-bond acceptors (Lipinski definition) is 6. The Morgan fingerprint density at radius 3 is 2.61 bits per heavy atom. The number of piperidine rings is 1. The summed E-state index contributed by atoms with van der Waals surface area (Å²) in [6.07, 6.45) is 9.30. The second kappa shape index (κ2) is 14.3. The summed E-state index contributed by atoms with van der Waals surface area (Å²) in [5.41, 5.74) is 0. The van der Waals surface area contributed by atoms with Crippen LogP contribution in [0.5, 0.6) is 0 Å². The summed E-state index contributed by atoms with van der Waals surface area (Å²) in [5.74, 6) is 2.83. The zero-order valence-corrected chi connectivity index (χ0v) is 21.8. The Balaban J connectivity index is 0.00000341. The Morgan fingerprint density at radius 1 is 1.19 bits per heavy atom. The molecule has 0 amide bonds. The lowest BCUT2D eigenvalue weighted by molar-refractivity contribution is 0.0683. The lowest BCUT2D eigenvalue weighted by Crippen LogP contribution is -2.49. The molecular weight excluding hydrogens is 507 g/mol. The minimum atomic E-state index is -0.165. The Bertz CT molecular complexity index is 642. The summed E-state index contributed by atoms with van der Waals surface area (Å²) in [7, 11) is 0. The molecule has 1 saturated carbocycles. The molecule has 1 atom stereocenters. The van der Waals surface area contributed by atoms with E-state index in [4.69, 9.17) is 9.26 Å². The monoisotopic (exact) mass is 548 g/mol. The largest absolute Gasteiger partial charge is 0.371 e. The zero-order valence-electron chi connectivity index (χ0n) is 19.4. The lowest BCUT2D eigenvalue weighted by Gasteiger charge is -2.36. The molecule has 0 bridgehead atoms. The second-order valence-corrected chi connectivity index (χ2v) is 8.56. The van der Waals surface area contributed by atoms with E-state index in [1.807, 2.05) is 13.8 Å². The van der Waals surface area contributed by atoms with E-state index in [0.29, 0.717) is 30.9 Å². The number of guanidine groups is 1. The quantitative estimate of drug-likeness (QED) is 0.275. The van der Waals surface area contributed by atoms with Crippen LogP contribution in [0.4, 0.5) is 0 Å². The molecule has 0 aromatic carbocycles. The first-order valence-corrected chi connectivity index (χ1v) is 11.9. The molecule has 1 aliphatic carbocycles. The molecule has 2 aliphatic rings. The normalized spacial score (nSPS) is 20.3. The topological polar surface area (TPSA) is 87.8 Å². The van der Waals surface area contributed by atoms with E-state index in [1.54, 1.807) is 0 Å². The number of halogens is 1. The van der Waals surface area contributed by atoms with E-state index in [2.05, 4.69) is 37.6 Å².